The second-order valence-corrected chi connectivity index (χ2v) is 6.33. The van der Waals surface area contributed by atoms with Crippen molar-refractivity contribution in [2.24, 2.45) is 5.92 Å². The minimum absolute atomic E-state index is 0.0469. The topological polar surface area (TPSA) is 68.5 Å². The first-order valence-corrected chi connectivity index (χ1v) is 7.99. The molecule has 1 fully saturated rings. The molecular formula is C17H19N3O3. The van der Waals surface area contributed by atoms with Crippen molar-refractivity contribution in [3.05, 3.63) is 41.5 Å². The molecule has 120 valence electrons. The van der Waals surface area contributed by atoms with Crippen LogP contribution in [0.5, 0.6) is 5.75 Å². The molecule has 0 spiro atoms. The molecule has 1 atom stereocenters. The van der Waals surface area contributed by atoms with Gasteiger partial charge in [0.2, 0.25) is 11.8 Å². The molecule has 6 nitrogen and oxygen atoms in total. The molecule has 0 bridgehead atoms. The van der Waals surface area contributed by atoms with Gasteiger partial charge in [0.15, 0.2) is 5.82 Å². The molecular weight excluding hydrogens is 294 g/mol. The van der Waals surface area contributed by atoms with Crippen LogP contribution in [0.25, 0.3) is 0 Å². The summed E-state index contributed by atoms with van der Waals surface area (Å²) in [4.78, 5) is 18.6. The van der Waals surface area contributed by atoms with Crippen molar-refractivity contribution in [2.75, 3.05) is 13.7 Å². The van der Waals surface area contributed by atoms with Gasteiger partial charge in [-0.15, -0.1) is 0 Å². The standard InChI is InChI=1S/C17H19N3O3/c1-20(9-15-18-16(19-23-15)11-6-7-11)17(21)13-8-12-4-2-3-5-14(12)22-10-13/h2-5,11,13H,6-10H2,1H3/t13-/m1/s1. The molecule has 2 aromatic rings. The number of benzene rings is 1. The van der Waals surface area contributed by atoms with Crippen LogP contribution in [0.3, 0.4) is 0 Å². The highest BCUT2D eigenvalue weighted by Crippen LogP contribution is 2.38. The van der Waals surface area contributed by atoms with Crippen LogP contribution in [0.1, 0.15) is 36.0 Å². The highest BCUT2D eigenvalue weighted by atomic mass is 16.5. The quantitative estimate of drug-likeness (QED) is 0.865. The van der Waals surface area contributed by atoms with Gasteiger partial charge in [0.05, 0.1) is 12.5 Å². The zero-order valence-electron chi connectivity index (χ0n) is 13.1. The van der Waals surface area contributed by atoms with E-state index in [1.54, 1.807) is 11.9 Å². The Morgan fingerprint density at radius 1 is 1.35 bits per heavy atom. The number of aromatic nitrogens is 2. The van der Waals surface area contributed by atoms with Crippen LogP contribution in [0.2, 0.25) is 0 Å². The number of amides is 1. The number of hydrogen-bond acceptors (Lipinski definition) is 5. The molecule has 1 aromatic carbocycles. The maximum absolute atomic E-state index is 12.6. The Bertz CT molecular complexity index is 723. The average Bonchev–Trinajstić information content (AvgIpc) is 3.33. The van der Waals surface area contributed by atoms with Crippen molar-refractivity contribution in [1.29, 1.82) is 0 Å². The normalized spacial score (nSPS) is 19.8. The molecule has 1 saturated carbocycles. The average molecular weight is 313 g/mol. The third kappa shape index (κ3) is 2.93. The highest BCUT2D eigenvalue weighted by Gasteiger charge is 2.31. The van der Waals surface area contributed by atoms with E-state index in [1.807, 2.05) is 24.3 Å². The summed E-state index contributed by atoms with van der Waals surface area (Å²) < 4.78 is 10.9. The number of nitrogens with zero attached hydrogens (tertiary/aromatic N) is 3. The smallest absolute Gasteiger partial charge is 0.246 e. The molecule has 1 aliphatic carbocycles. The summed E-state index contributed by atoms with van der Waals surface area (Å²) in [5.74, 6) is 2.49. The van der Waals surface area contributed by atoms with E-state index in [0.29, 0.717) is 31.4 Å². The number of para-hydroxylation sites is 1. The van der Waals surface area contributed by atoms with Crippen molar-refractivity contribution in [1.82, 2.24) is 15.0 Å². The van der Waals surface area contributed by atoms with Gasteiger partial charge in [-0.25, -0.2) is 0 Å². The number of ether oxygens (including phenoxy) is 1. The van der Waals surface area contributed by atoms with Gasteiger partial charge in [-0.2, -0.15) is 4.98 Å². The van der Waals surface area contributed by atoms with Crippen molar-refractivity contribution in [2.45, 2.75) is 31.7 Å². The van der Waals surface area contributed by atoms with Gasteiger partial charge in [0.25, 0.3) is 0 Å². The second kappa shape index (κ2) is 5.68. The van der Waals surface area contributed by atoms with Gasteiger partial charge in [0, 0.05) is 13.0 Å². The third-order valence-corrected chi connectivity index (χ3v) is 4.40. The van der Waals surface area contributed by atoms with Gasteiger partial charge in [-0.3, -0.25) is 4.79 Å². The lowest BCUT2D eigenvalue weighted by molar-refractivity contribution is -0.136. The zero-order valence-corrected chi connectivity index (χ0v) is 13.1. The zero-order chi connectivity index (χ0) is 15.8. The third-order valence-electron chi connectivity index (χ3n) is 4.40. The van der Waals surface area contributed by atoms with E-state index in [9.17, 15) is 4.79 Å². The van der Waals surface area contributed by atoms with Crippen LogP contribution in [-0.2, 0) is 17.8 Å². The Morgan fingerprint density at radius 3 is 3.00 bits per heavy atom. The number of fused-ring (bicyclic) bond motifs is 1. The Hall–Kier alpha value is -2.37. The summed E-state index contributed by atoms with van der Waals surface area (Å²) in [6.07, 6.45) is 2.97. The summed E-state index contributed by atoms with van der Waals surface area (Å²) >= 11 is 0. The monoisotopic (exact) mass is 313 g/mol. The molecule has 0 unspecified atom stereocenters. The van der Waals surface area contributed by atoms with E-state index in [2.05, 4.69) is 10.1 Å². The summed E-state index contributed by atoms with van der Waals surface area (Å²) in [5, 5.41) is 3.98. The Labute approximate surface area is 134 Å². The predicted octanol–water partition coefficient (Wildman–Crippen LogP) is 2.16. The molecule has 1 amide bonds. The van der Waals surface area contributed by atoms with Gasteiger partial charge in [-0.05, 0) is 30.9 Å². The molecule has 0 radical (unpaired) electrons. The fraction of sp³-hybridized carbons (Fsp3) is 0.471. The van der Waals surface area contributed by atoms with Crippen LogP contribution < -0.4 is 4.74 Å². The first-order chi connectivity index (χ1) is 11.2. The van der Waals surface area contributed by atoms with E-state index < -0.39 is 0 Å². The number of carbonyl (C=O) groups excluding carboxylic acids is 1. The maximum Gasteiger partial charge on any atom is 0.246 e. The minimum atomic E-state index is -0.166. The minimum Gasteiger partial charge on any atom is -0.492 e. The fourth-order valence-corrected chi connectivity index (χ4v) is 2.92. The van der Waals surface area contributed by atoms with Crippen molar-refractivity contribution < 1.29 is 14.1 Å². The van der Waals surface area contributed by atoms with Gasteiger partial charge in [-0.1, -0.05) is 23.4 Å². The predicted molar refractivity (Wildman–Crippen MR) is 81.9 cm³/mol. The van der Waals surface area contributed by atoms with E-state index >= 15 is 0 Å². The Balaban J connectivity index is 1.40. The SMILES string of the molecule is CN(Cc1nc(C2CC2)no1)C(=O)[C@H]1COc2ccccc2C1. The van der Waals surface area contributed by atoms with Gasteiger partial charge in [0.1, 0.15) is 12.4 Å². The van der Waals surface area contributed by atoms with E-state index in [0.717, 1.165) is 30.0 Å². The Kier molecular flexibility index (Phi) is 3.52. The van der Waals surface area contributed by atoms with Crippen LogP contribution in [0.15, 0.2) is 28.8 Å². The Morgan fingerprint density at radius 2 is 2.17 bits per heavy atom. The summed E-state index contributed by atoms with van der Waals surface area (Å²) in [6, 6.07) is 7.86. The summed E-state index contributed by atoms with van der Waals surface area (Å²) in [7, 11) is 1.77. The van der Waals surface area contributed by atoms with Crippen LogP contribution in [0, 0.1) is 5.92 Å². The molecule has 23 heavy (non-hydrogen) atoms. The molecule has 0 N–H and O–H groups in total. The molecule has 0 saturated heterocycles. The first kappa shape index (κ1) is 14.2. The van der Waals surface area contributed by atoms with Gasteiger partial charge >= 0.3 is 0 Å². The van der Waals surface area contributed by atoms with Crippen molar-refractivity contribution in [3.63, 3.8) is 0 Å². The lowest BCUT2D eigenvalue weighted by atomic mass is 9.95. The molecule has 2 heterocycles. The largest absolute Gasteiger partial charge is 0.492 e. The number of carbonyl (C=O) groups is 1. The van der Waals surface area contributed by atoms with Crippen molar-refractivity contribution in [3.8, 4) is 5.75 Å². The lowest BCUT2D eigenvalue weighted by Crippen LogP contribution is -2.38. The van der Waals surface area contributed by atoms with Gasteiger partial charge < -0.3 is 14.2 Å². The van der Waals surface area contributed by atoms with E-state index in [1.165, 1.54) is 0 Å². The van der Waals surface area contributed by atoms with E-state index in [-0.39, 0.29) is 11.8 Å². The van der Waals surface area contributed by atoms with Crippen LogP contribution in [0.4, 0.5) is 0 Å². The maximum atomic E-state index is 12.6. The van der Waals surface area contributed by atoms with Crippen LogP contribution in [-0.4, -0.2) is 34.6 Å². The van der Waals surface area contributed by atoms with E-state index in [4.69, 9.17) is 9.26 Å². The molecule has 1 aromatic heterocycles. The molecule has 4 rings (SSSR count). The first-order valence-electron chi connectivity index (χ1n) is 7.99. The molecule has 2 aliphatic rings. The summed E-state index contributed by atoms with van der Waals surface area (Å²) in [6.45, 7) is 0.758. The number of rotatable bonds is 4. The number of hydrogen-bond donors (Lipinski definition) is 0. The molecule has 6 heteroatoms. The second-order valence-electron chi connectivity index (χ2n) is 6.33. The van der Waals surface area contributed by atoms with Crippen LogP contribution >= 0.6 is 0 Å². The van der Waals surface area contributed by atoms with Crippen molar-refractivity contribution >= 4 is 5.91 Å². The fourth-order valence-electron chi connectivity index (χ4n) is 2.92. The summed E-state index contributed by atoms with van der Waals surface area (Å²) in [5.41, 5.74) is 1.08. The molecule has 1 aliphatic heterocycles. The lowest BCUT2D eigenvalue weighted by Gasteiger charge is -2.27. The highest BCUT2D eigenvalue weighted by molar-refractivity contribution is 5.79.